The van der Waals surface area contributed by atoms with Crippen molar-refractivity contribution < 1.29 is 19.1 Å². The fourth-order valence-corrected chi connectivity index (χ4v) is 3.03. The predicted molar refractivity (Wildman–Crippen MR) is 92.3 cm³/mol. The van der Waals surface area contributed by atoms with Gasteiger partial charge in [-0.2, -0.15) is 0 Å². The lowest BCUT2D eigenvalue weighted by Gasteiger charge is -2.15. The SMILES string of the molecule is Cc1ccc(-c2nc3cc(N4CC(C(=O)O)CC4=O)ccc3o2)cc1. The number of hydrogen-bond acceptors (Lipinski definition) is 4. The van der Waals surface area contributed by atoms with Gasteiger partial charge in [-0.25, -0.2) is 4.98 Å². The molecule has 1 saturated heterocycles. The molecule has 1 aliphatic rings. The van der Waals surface area contributed by atoms with Crippen LogP contribution >= 0.6 is 0 Å². The van der Waals surface area contributed by atoms with Gasteiger partial charge in [-0.1, -0.05) is 17.7 Å². The van der Waals surface area contributed by atoms with Crippen molar-refractivity contribution >= 4 is 28.7 Å². The van der Waals surface area contributed by atoms with E-state index in [-0.39, 0.29) is 18.9 Å². The average molecular weight is 336 g/mol. The number of anilines is 1. The zero-order valence-electron chi connectivity index (χ0n) is 13.6. The Bertz CT molecular complexity index is 975. The molecule has 0 aliphatic carbocycles. The molecule has 1 fully saturated rings. The average Bonchev–Trinajstić information content (AvgIpc) is 3.18. The highest BCUT2D eigenvalue weighted by Crippen LogP contribution is 2.30. The molecule has 1 atom stereocenters. The minimum atomic E-state index is -0.944. The second-order valence-corrected chi connectivity index (χ2v) is 6.28. The van der Waals surface area contributed by atoms with Gasteiger partial charge in [0.2, 0.25) is 11.8 Å². The van der Waals surface area contributed by atoms with Gasteiger partial charge in [-0.3, -0.25) is 9.59 Å². The smallest absolute Gasteiger partial charge is 0.308 e. The monoisotopic (exact) mass is 336 g/mol. The Morgan fingerprint density at radius 1 is 1.24 bits per heavy atom. The number of carboxylic acid groups (broad SMARTS) is 1. The van der Waals surface area contributed by atoms with E-state index in [9.17, 15) is 9.59 Å². The van der Waals surface area contributed by atoms with Gasteiger partial charge in [0.25, 0.3) is 0 Å². The summed E-state index contributed by atoms with van der Waals surface area (Å²) in [7, 11) is 0. The molecule has 1 aliphatic heterocycles. The van der Waals surface area contributed by atoms with Gasteiger partial charge < -0.3 is 14.4 Å². The second-order valence-electron chi connectivity index (χ2n) is 6.28. The Hall–Kier alpha value is -3.15. The molecule has 0 saturated carbocycles. The zero-order chi connectivity index (χ0) is 17.6. The van der Waals surface area contributed by atoms with Crippen LogP contribution in [0, 0.1) is 12.8 Å². The number of oxazole rings is 1. The summed E-state index contributed by atoms with van der Waals surface area (Å²) in [6.07, 6.45) is 0.0286. The summed E-state index contributed by atoms with van der Waals surface area (Å²) in [6.45, 7) is 2.20. The number of carbonyl (C=O) groups excluding carboxylic acids is 1. The molecule has 1 amide bonds. The summed E-state index contributed by atoms with van der Waals surface area (Å²) in [5, 5.41) is 9.11. The first kappa shape index (κ1) is 15.4. The van der Waals surface area contributed by atoms with Crippen molar-refractivity contribution in [1.82, 2.24) is 4.98 Å². The van der Waals surface area contributed by atoms with Crippen molar-refractivity contribution in [3.05, 3.63) is 48.0 Å². The Morgan fingerprint density at radius 2 is 2.00 bits per heavy atom. The lowest BCUT2D eigenvalue weighted by molar-refractivity contribution is -0.141. The number of benzene rings is 2. The summed E-state index contributed by atoms with van der Waals surface area (Å²) in [5.74, 6) is -1.28. The summed E-state index contributed by atoms with van der Waals surface area (Å²) in [4.78, 5) is 29.2. The number of hydrogen-bond donors (Lipinski definition) is 1. The molecule has 2 heterocycles. The van der Waals surface area contributed by atoms with Gasteiger partial charge in [0.15, 0.2) is 5.58 Å². The van der Waals surface area contributed by atoms with Crippen LogP contribution in [0.1, 0.15) is 12.0 Å². The van der Waals surface area contributed by atoms with Crippen LogP contribution in [0.15, 0.2) is 46.9 Å². The zero-order valence-corrected chi connectivity index (χ0v) is 13.6. The van der Waals surface area contributed by atoms with Crippen LogP contribution in [-0.4, -0.2) is 28.5 Å². The lowest BCUT2D eigenvalue weighted by Crippen LogP contribution is -2.25. The summed E-state index contributed by atoms with van der Waals surface area (Å²) in [5.41, 5.74) is 3.94. The van der Waals surface area contributed by atoms with Crippen LogP contribution in [0.3, 0.4) is 0 Å². The number of carboxylic acids is 1. The minimum absolute atomic E-state index is 0.0286. The van der Waals surface area contributed by atoms with Gasteiger partial charge in [0, 0.05) is 24.2 Å². The van der Waals surface area contributed by atoms with Crippen molar-refractivity contribution in [2.24, 2.45) is 5.92 Å². The Labute approximate surface area is 143 Å². The highest BCUT2D eigenvalue weighted by atomic mass is 16.4. The van der Waals surface area contributed by atoms with E-state index < -0.39 is 11.9 Å². The third-order valence-electron chi connectivity index (χ3n) is 4.46. The topological polar surface area (TPSA) is 83.6 Å². The van der Waals surface area contributed by atoms with Crippen LogP contribution in [0.25, 0.3) is 22.6 Å². The number of aliphatic carboxylic acids is 1. The Kier molecular flexibility index (Phi) is 3.53. The fraction of sp³-hybridized carbons (Fsp3) is 0.211. The maximum absolute atomic E-state index is 12.1. The molecule has 25 heavy (non-hydrogen) atoms. The maximum atomic E-state index is 12.1. The normalized spacial score (nSPS) is 17.4. The van der Waals surface area contributed by atoms with Crippen molar-refractivity contribution in [1.29, 1.82) is 0 Å². The molecule has 1 aromatic heterocycles. The molecule has 0 spiro atoms. The molecule has 0 radical (unpaired) electrons. The van der Waals surface area contributed by atoms with Crippen molar-refractivity contribution in [2.45, 2.75) is 13.3 Å². The number of amides is 1. The van der Waals surface area contributed by atoms with Crippen molar-refractivity contribution in [3.63, 3.8) is 0 Å². The number of fused-ring (bicyclic) bond motifs is 1. The third-order valence-corrected chi connectivity index (χ3v) is 4.46. The molecule has 6 nitrogen and oxygen atoms in total. The van der Waals surface area contributed by atoms with Crippen LogP contribution in [0.5, 0.6) is 0 Å². The van der Waals surface area contributed by atoms with Crippen molar-refractivity contribution in [2.75, 3.05) is 11.4 Å². The number of carbonyl (C=O) groups is 2. The van der Waals surface area contributed by atoms with Gasteiger partial charge in [0.05, 0.1) is 5.92 Å². The summed E-state index contributed by atoms with van der Waals surface area (Å²) < 4.78 is 5.79. The van der Waals surface area contributed by atoms with Gasteiger partial charge >= 0.3 is 5.97 Å². The van der Waals surface area contributed by atoms with Crippen LogP contribution in [0.2, 0.25) is 0 Å². The Morgan fingerprint density at radius 3 is 2.68 bits per heavy atom. The minimum Gasteiger partial charge on any atom is -0.481 e. The van der Waals surface area contributed by atoms with Gasteiger partial charge in [0.1, 0.15) is 5.52 Å². The van der Waals surface area contributed by atoms with E-state index >= 15 is 0 Å². The van der Waals surface area contributed by atoms with Gasteiger partial charge in [-0.15, -0.1) is 0 Å². The standard InChI is InChI=1S/C19H16N2O4/c1-11-2-4-12(5-3-11)18-20-15-9-14(6-7-16(15)25-18)21-10-13(19(23)24)8-17(21)22/h2-7,9,13H,8,10H2,1H3,(H,23,24). The lowest BCUT2D eigenvalue weighted by atomic mass is 10.1. The van der Waals surface area contributed by atoms with E-state index in [2.05, 4.69) is 4.98 Å². The molecule has 1 unspecified atom stereocenters. The number of rotatable bonds is 3. The van der Waals surface area contributed by atoms with E-state index in [0.29, 0.717) is 22.7 Å². The molecule has 3 aromatic rings. The third kappa shape index (κ3) is 2.76. The quantitative estimate of drug-likeness (QED) is 0.794. The molecular formula is C19H16N2O4. The molecule has 0 bridgehead atoms. The first-order valence-corrected chi connectivity index (χ1v) is 8.02. The molecule has 126 valence electrons. The van der Waals surface area contributed by atoms with Crippen LogP contribution in [-0.2, 0) is 9.59 Å². The largest absolute Gasteiger partial charge is 0.481 e. The molecule has 4 rings (SSSR count). The Balaban J connectivity index is 1.68. The number of aryl methyl sites for hydroxylation is 1. The number of nitrogens with zero attached hydrogens (tertiary/aromatic N) is 2. The highest BCUT2D eigenvalue weighted by Gasteiger charge is 2.35. The highest BCUT2D eigenvalue weighted by molar-refractivity contribution is 6.00. The summed E-state index contributed by atoms with van der Waals surface area (Å²) in [6, 6.07) is 13.2. The van der Waals surface area contributed by atoms with Crippen LogP contribution in [0.4, 0.5) is 5.69 Å². The second kappa shape index (κ2) is 5.73. The molecule has 6 heteroatoms. The molecular weight excluding hydrogens is 320 g/mol. The van der Waals surface area contributed by atoms with E-state index in [0.717, 1.165) is 11.1 Å². The van der Waals surface area contributed by atoms with Crippen LogP contribution < -0.4 is 4.90 Å². The van der Waals surface area contributed by atoms with E-state index in [4.69, 9.17) is 9.52 Å². The molecule has 1 N–H and O–H groups in total. The van der Waals surface area contributed by atoms with Crippen molar-refractivity contribution in [3.8, 4) is 11.5 Å². The number of aromatic nitrogens is 1. The fourth-order valence-electron chi connectivity index (χ4n) is 3.03. The van der Waals surface area contributed by atoms with E-state index in [1.54, 1.807) is 18.2 Å². The molecule has 2 aromatic carbocycles. The van der Waals surface area contributed by atoms with E-state index in [1.807, 2.05) is 31.2 Å². The van der Waals surface area contributed by atoms with Gasteiger partial charge in [-0.05, 0) is 37.3 Å². The summed E-state index contributed by atoms with van der Waals surface area (Å²) >= 11 is 0. The van der Waals surface area contributed by atoms with E-state index in [1.165, 1.54) is 4.90 Å². The first-order chi connectivity index (χ1) is 12.0. The first-order valence-electron chi connectivity index (χ1n) is 8.02. The predicted octanol–water partition coefficient (Wildman–Crippen LogP) is 3.24. The maximum Gasteiger partial charge on any atom is 0.308 e.